The highest BCUT2D eigenvalue weighted by atomic mass is 16.6. The first-order valence-corrected chi connectivity index (χ1v) is 10.5. The first kappa shape index (κ1) is 24.0. The number of benzene rings is 1. The Morgan fingerprint density at radius 2 is 1.58 bits per heavy atom. The van der Waals surface area contributed by atoms with E-state index in [1.54, 1.807) is 39.0 Å². The molecule has 0 aliphatic carbocycles. The van der Waals surface area contributed by atoms with Crippen LogP contribution in [0.1, 0.15) is 39.7 Å². The first-order chi connectivity index (χ1) is 14.9. The van der Waals surface area contributed by atoms with E-state index in [2.05, 4.69) is 31.0 Å². The number of nitrogens with zero attached hydrogens (tertiary/aromatic N) is 1. The van der Waals surface area contributed by atoms with Crippen molar-refractivity contribution in [3.05, 3.63) is 70.7 Å². The van der Waals surface area contributed by atoms with Gasteiger partial charge < -0.3 is 19.1 Å². The van der Waals surface area contributed by atoms with E-state index in [1.165, 1.54) is 0 Å². The second-order valence-corrected chi connectivity index (χ2v) is 7.02. The van der Waals surface area contributed by atoms with E-state index in [-0.39, 0.29) is 18.8 Å². The molecule has 0 fully saturated rings. The summed E-state index contributed by atoms with van der Waals surface area (Å²) in [6.07, 6.45) is 8.07. The lowest BCUT2D eigenvalue weighted by atomic mass is 10.0. The number of ether oxygens (including phenoxy) is 3. The van der Waals surface area contributed by atoms with Gasteiger partial charge in [-0.2, -0.15) is 0 Å². The van der Waals surface area contributed by atoms with Gasteiger partial charge in [-0.15, -0.1) is 0 Å². The molecule has 0 radical (unpaired) electrons. The summed E-state index contributed by atoms with van der Waals surface area (Å²) in [6, 6.07) is 8.20. The minimum atomic E-state index is -0.715. The maximum atomic E-state index is 12.4. The zero-order chi connectivity index (χ0) is 22.8. The molecule has 1 aromatic rings. The summed E-state index contributed by atoms with van der Waals surface area (Å²) in [7, 11) is 2.07. The number of carbonyl (C=O) groups excluding carboxylic acids is 2. The molecule has 6 heteroatoms. The Kier molecular flexibility index (Phi) is 9.13. The van der Waals surface area contributed by atoms with Gasteiger partial charge in [-0.05, 0) is 63.1 Å². The first-order valence-electron chi connectivity index (χ1n) is 10.5. The molecule has 2 rings (SSSR count). The molecule has 0 bridgehead atoms. The lowest BCUT2D eigenvalue weighted by Gasteiger charge is -2.18. The SMILES string of the molecule is CCCN(C)c1ccc(C=CC2=CC(=C(C(=O)OCC)C(=O)OCC)C=C(C)O2)cc1. The molecule has 0 aromatic heterocycles. The summed E-state index contributed by atoms with van der Waals surface area (Å²) < 4.78 is 15.9. The minimum Gasteiger partial charge on any atom is -0.462 e. The van der Waals surface area contributed by atoms with Crippen LogP contribution in [0.15, 0.2) is 65.2 Å². The fourth-order valence-corrected chi connectivity index (χ4v) is 3.09. The predicted molar refractivity (Wildman–Crippen MR) is 122 cm³/mol. The molecule has 166 valence electrons. The van der Waals surface area contributed by atoms with Gasteiger partial charge in [0, 0.05) is 24.9 Å². The fourth-order valence-electron chi connectivity index (χ4n) is 3.09. The van der Waals surface area contributed by atoms with Crippen LogP contribution >= 0.6 is 0 Å². The highest BCUT2D eigenvalue weighted by molar-refractivity contribution is 6.15. The van der Waals surface area contributed by atoms with Crippen LogP contribution in [0.2, 0.25) is 0 Å². The average molecular weight is 426 g/mol. The predicted octanol–water partition coefficient (Wildman–Crippen LogP) is 4.79. The second kappa shape index (κ2) is 11.8. The summed E-state index contributed by atoms with van der Waals surface area (Å²) in [4.78, 5) is 27.0. The van der Waals surface area contributed by atoms with Crippen LogP contribution < -0.4 is 4.90 Å². The monoisotopic (exact) mass is 425 g/mol. The molecule has 0 saturated heterocycles. The van der Waals surface area contributed by atoms with Crippen LogP contribution in [0.3, 0.4) is 0 Å². The number of allylic oxidation sites excluding steroid dienone is 5. The van der Waals surface area contributed by atoms with Crippen molar-refractivity contribution in [1.82, 2.24) is 0 Å². The molecule has 1 aromatic carbocycles. The van der Waals surface area contributed by atoms with E-state index in [0.717, 1.165) is 24.2 Å². The van der Waals surface area contributed by atoms with E-state index in [4.69, 9.17) is 14.2 Å². The Morgan fingerprint density at radius 3 is 2.13 bits per heavy atom. The zero-order valence-corrected chi connectivity index (χ0v) is 18.9. The lowest BCUT2D eigenvalue weighted by molar-refractivity contribution is -0.146. The minimum absolute atomic E-state index is 0.138. The molecule has 0 saturated carbocycles. The molecular weight excluding hydrogens is 394 g/mol. The standard InChI is InChI=1S/C25H31NO5/c1-6-15-26(5)21-12-9-19(10-13-21)11-14-22-17-20(16-18(4)31-22)23(24(27)29-7-2)25(28)30-8-3/h9-14,16-17H,6-8,15H2,1-5H3. The van der Waals surface area contributed by atoms with Crippen molar-refractivity contribution in [2.24, 2.45) is 0 Å². The molecule has 6 nitrogen and oxygen atoms in total. The highest BCUT2D eigenvalue weighted by Gasteiger charge is 2.26. The Morgan fingerprint density at radius 1 is 0.968 bits per heavy atom. The molecule has 0 amide bonds. The quantitative estimate of drug-likeness (QED) is 0.245. The van der Waals surface area contributed by atoms with Gasteiger partial charge >= 0.3 is 11.9 Å². The topological polar surface area (TPSA) is 65.1 Å². The van der Waals surface area contributed by atoms with Gasteiger partial charge in [-0.3, -0.25) is 0 Å². The van der Waals surface area contributed by atoms with Crippen molar-refractivity contribution in [2.75, 3.05) is 31.7 Å². The zero-order valence-electron chi connectivity index (χ0n) is 18.9. The third-order valence-corrected chi connectivity index (χ3v) is 4.52. The molecular formula is C25H31NO5. The van der Waals surface area contributed by atoms with Crippen molar-refractivity contribution >= 4 is 23.7 Å². The van der Waals surface area contributed by atoms with Gasteiger partial charge in [-0.1, -0.05) is 25.1 Å². The van der Waals surface area contributed by atoms with Crippen molar-refractivity contribution in [2.45, 2.75) is 34.1 Å². The van der Waals surface area contributed by atoms with E-state index in [0.29, 0.717) is 17.1 Å². The van der Waals surface area contributed by atoms with Crippen LogP contribution in [0.25, 0.3) is 6.08 Å². The Labute approximate surface area is 184 Å². The molecule has 1 aliphatic heterocycles. The molecule has 0 atom stereocenters. The van der Waals surface area contributed by atoms with Gasteiger partial charge in [0.15, 0.2) is 5.57 Å². The fraction of sp³-hybridized carbons (Fsp3) is 0.360. The second-order valence-electron chi connectivity index (χ2n) is 7.02. The molecule has 0 spiro atoms. The Bertz CT molecular complexity index is 886. The Balaban J connectivity index is 2.31. The summed E-state index contributed by atoms with van der Waals surface area (Å²) in [5.41, 5.74) is 2.42. The summed E-state index contributed by atoms with van der Waals surface area (Å²) >= 11 is 0. The van der Waals surface area contributed by atoms with Crippen LogP contribution in [0, 0.1) is 0 Å². The van der Waals surface area contributed by atoms with Gasteiger partial charge in [0.05, 0.1) is 13.2 Å². The number of hydrogen-bond donors (Lipinski definition) is 0. The summed E-state index contributed by atoms with van der Waals surface area (Å²) in [6.45, 7) is 8.60. The van der Waals surface area contributed by atoms with E-state index >= 15 is 0 Å². The van der Waals surface area contributed by atoms with E-state index < -0.39 is 11.9 Å². The van der Waals surface area contributed by atoms with Crippen LogP contribution in [0.5, 0.6) is 0 Å². The smallest absolute Gasteiger partial charge is 0.346 e. The summed E-state index contributed by atoms with van der Waals surface area (Å²) in [5.74, 6) is -0.366. The molecule has 31 heavy (non-hydrogen) atoms. The lowest BCUT2D eigenvalue weighted by Crippen LogP contribution is -2.20. The normalized spacial score (nSPS) is 13.3. The third kappa shape index (κ3) is 6.88. The molecule has 0 unspecified atom stereocenters. The van der Waals surface area contributed by atoms with Crippen molar-refractivity contribution in [3.63, 3.8) is 0 Å². The van der Waals surface area contributed by atoms with Gasteiger partial charge in [0.25, 0.3) is 0 Å². The average Bonchev–Trinajstić information content (AvgIpc) is 2.73. The van der Waals surface area contributed by atoms with Crippen LogP contribution in [-0.4, -0.2) is 38.7 Å². The van der Waals surface area contributed by atoms with Crippen molar-refractivity contribution in [3.8, 4) is 0 Å². The highest BCUT2D eigenvalue weighted by Crippen LogP contribution is 2.25. The molecule has 1 heterocycles. The van der Waals surface area contributed by atoms with Gasteiger partial charge in [0.1, 0.15) is 11.5 Å². The van der Waals surface area contributed by atoms with Crippen LogP contribution in [0.4, 0.5) is 5.69 Å². The van der Waals surface area contributed by atoms with Crippen LogP contribution in [-0.2, 0) is 23.8 Å². The maximum absolute atomic E-state index is 12.4. The molecule has 1 aliphatic rings. The number of anilines is 1. The molecule has 0 N–H and O–H groups in total. The van der Waals surface area contributed by atoms with Crippen molar-refractivity contribution in [1.29, 1.82) is 0 Å². The number of carbonyl (C=O) groups is 2. The largest absolute Gasteiger partial charge is 0.462 e. The van der Waals surface area contributed by atoms with Gasteiger partial charge in [-0.25, -0.2) is 9.59 Å². The number of hydrogen-bond acceptors (Lipinski definition) is 6. The van der Waals surface area contributed by atoms with E-state index in [9.17, 15) is 9.59 Å². The van der Waals surface area contributed by atoms with E-state index in [1.807, 2.05) is 18.2 Å². The van der Waals surface area contributed by atoms with Gasteiger partial charge in [0.2, 0.25) is 0 Å². The summed E-state index contributed by atoms with van der Waals surface area (Å²) in [5, 5.41) is 0. The maximum Gasteiger partial charge on any atom is 0.346 e. The van der Waals surface area contributed by atoms with Crippen molar-refractivity contribution < 1.29 is 23.8 Å². The number of rotatable bonds is 9. The number of esters is 2. The third-order valence-electron chi connectivity index (χ3n) is 4.52. The Hall–Kier alpha value is -3.28.